The number of hydrogen-bond acceptors (Lipinski definition) is 6. The summed E-state index contributed by atoms with van der Waals surface area (Å²) in [5.41, 5.74) is 5.02. The van der Waals surface area contributed by atoms with Crippen molar-refractivity contribution < 1.29 is 29.1 Å². The van der Waals surface area contributed by atoms with E-state index < -0.39 is 36.3 Å². The molecule has 0 saturated heterocycles. The van der Waals surface area contributed by atoms with Gasteiger partial charge in [-0.3, -0.25) is 19.2 Å². The number of nitrogens with two attached hydrogens (primary N) is 1. The average molecular weight is 478 g/mol. The maximum absolute atomic E-state index is 12.9. The molecule has 190 valence electrons. The van der Waals surface area contributed by atoms with Crippen molar-refractivity contribution in [1.29, 1.82) is 0 Å². The van der Waals surface area contributed by atoms with E-state index in [4.69, 9.17) is 5.73 Å². The number of carbonyl (C=O) groups is 5. The molecule has 5 N–H and O–H groups in total. The summed E-state index contributed by atoms with van der Waals surface area (Å²) in [6.07, 6.45) is 7.78. The third-order valence-electron chi connectivity index (χ3n) is 7.70. The molecule has 4 amide bonds. The molecule has 0 spiro atoms. The predicted molar refractivity (Wildman–Crippen MR) is 120 cm³/mol. The van der Waals surface area contributed by atoms with Gasteiger partial charge in [-0.25, -0.2) is 0 Å². The molecule has 0 unspecified atom stereocenters. The van der Waals surface area contributed by atoms with Gasteiger partial charge in [-0.15, -0.1) is 0 Å². The average Bonchev–Trinajstić information content (AvgIpc) is 2.74. The van der Waals surface area contributed by atoms with E-state index in [1.807, 2.05) is 0 Å². The van der Waals surface area contributed by atoms with E-state index in [1.54, 1.807) is 0 Å². The number of primary amides is 1. The van der Waals surface area contributed by atoms with Crippen molar-refractivity contribution in [3.8, 4) is 0 Å². The van der Waals surface area contributed by atoms with E-state index in [-0.39, 0.29) is 30.1 Å². The third-order valence-corrected chi connectivity index (χ3v) is 7.70. The van der Waals surface area contributed by atoms with Gasteiger partial charge < -0.3 is 31.6 Å². The van der Waals surface area contributed by atoms with Crippen molar-refractivity contribution in [2.75, 3.05) is 6.54 Å². The van der Waals surface area contributed by atoms with Crippen LogP contribution in [-0.4, -0.2) is 48.2 Å². The first-order chi connectivity index (χ1) is 16.1. The Balaban J connectivity index is 1.31. The van der Waals surface area contributed by atoms with E-state index in [1.165, 1.54) is 26.2 Å². The van der Waals surface area contributed by atoms with Gasteiger partial charge in [0, 0.05) is 24.3 Å². The summed E-state index contributed by atoms with van der Waals surface area (Å²) >= 11 is 0. The number of carbonyl (C=O) groups excluding carboxylic acids is 5. The van der Waals surface area contributed by atoms with Crippen LogP contribution in [0.2, 0.25) is 0 Å². The summed E-state index contributed by atoms with van der Waals surface area (Å²) in [5, 5.41) is 18.6. The maximum atomic E-state index is 12.9. The Morgan fingerprint density at radius 2 is 1.53 bits per heavy atom. The van der Waals surface area contributed by atoms with Gasteiger partial charge in [0.1, 0.15) is 12.1 Å². The SMILES string of the molecule is C[C@@H](NC(=O)CCCCNC(=O)C12CC3CC(CC(C3)C1)C2)C(=O)N[C@H](CCC(=O)[O-])C(N)=O. The van der Waals surface area contributed by atoms with Crippen molar-refractivity contribution in [2.45, 2.75) is 89.6 Å². The Hall–Kier alpha value is -2.65. The van der Waals surface area contributed by atoms with Crippen LogP contribution in [0.4, 0.5) is 0 Å². The zero-order chi connectivity index (χ0) is 24.9. The lowest BCUT2D eigenvalue weighted by molar-refractivity contribution is -0.305. The number of rotatable bonds is 13. The van der Waals surface area contributed by atoms with Gasteiger partial charge >= 0.3 is 0 Å². The summed E-state index contributed by atoms with van der Waals surface area (Å²) in [5.74, 6) is -0.825. The van der Waals surface area contributed by atoms with Crippen LogP contribution < -0.4 is 26.8 Å². The first-order valence-electron chi connectivity index (χ1n) is 12.4. The van der Waals surface area contributed by atoms with E-state index >= 15 is 0 Å². The molecule has 0 aliphatic heterocycles. The summed E-state index contributed by atoms with van der Waals surface area (Å²) in [6.45, 7) is 2.00. The van der Waals surface area contributed by atoms with Crippen molar-refractivity contribution >= 4 is 29.6 Å². The van der Waals surface area contributed by atoms with Crippen LogP contribution in [-0.2, 0) is 24.0 Å². The monoisotopic (exact) mass is 477 g/mol. The van der Waals surface area contributed by atoms with E-state index in [0.717, 1.165) is 19.3 Å². The van der Waals surface area contributed by atoms with Crippen molar-refractivity contribution in [1.82, 2.24) is 16.0 Å². The van der Waals surface area contributed by atoms with Crippen LogP contribution in [0.15, 0.2) is 0 Å². The van der Waals surface area contributed by atoms with Crippen molar-refractivity contribution in [2.24, 2.45) is 28.9 Å². The minimum absolute atomic E-state index is 0.168. The van der Waals surface area contributed by atoms with Gasteiger partial charge in [-0.05, 0) is 88.9 Å². The van der Waals surface area contributed by atoms with E-state index in [9.17, 15) is 29.1 Å². The number of amides is 4. The molecule has 0 heterocycles. The molecule has 0 aromatic heterocycles. The van der Waals surface area contributed by atoms with Crippen LogP contribution in [0.1, 0.15) is 77.6 Å². The van der Waals surface area contributed by atoms with Gasteiger partial charge in [-0.2, -0.15) is 0 Å². The quantitative estimate of drug-likeness (QED) is 0.260. The Morgan fingerprint density at radius 3 is 2.06 bits per heavy atom. The molecule has 0 aromatic rings. The normalized spacial score (nSPS) is 28.6. The number of hydrogen-bond donors (Lipinski definition) is 4. The molecule has 4 rings (SSSR count). The van der Waals surface area contributed by atoms with Gasteiger partial charge in [0.2, 0.25) is 23.6 Å². The summed E-state index contributed by atoms with van der Waals surface area (Å²) < 4.78 is 0. The zero-order valence-corrected chi connectivity index (χ0v) is 19.9. The highest BCUT2D eigenvalue weighted by Crippen LogP contribution is 2.60. The number of carboxylic acids is 1. The topological polar surface area (TPSA) is 171 Å². The largest absolute Gasteiger partial charge is 0.550 e. The minimum Gasteiger partial charge on any atom is -0.550 e. The second-order valence-electron chi connectivity index (χ2n) is 10.6. The fraction of sp³-hybridized carbons (Fsp3) is 0.792. The van der Waals surface area contributed by atoms with Crippen LogP contribution in [0.5, 0.6) is 0 Å². The lowest BCUT2D eigenvalue weighted by Gasteiger charge is -2.55. The number of nitrogens with one attached hydrogen (secondary N) is 3. The standard InChI is InChI=1S/C24H38N4O6/c1-14(22(33)28-18(21(25)32)5-6-20(30)31)27-19(29)4-2-3-7-26-23(34)24-11-15-8-16(12-24)10-17(9-15)13-24/h14-18H,2-13H2,1H3,(H2,25,32)(H,26,34)(H,27,29)(H,28,33)(H,30,31)/p-1/t14-,15?,16?,17?,18-,24?/m1/s1. The Morgan fingerprint density at radius 1 is 0.941 bits per heavy atom. The summed E-state index contributed by atoms with van der Waals surface area (Å²) in [4.78, 5) is 59.3. The minimum atomic E-state index is -1.35. The lowest BCUT2D eigenvalue weighted by atomic mass is 9.49. The molecule has 4 fully saturated rings. The number of carboxylic acid groups (broad SMARTS) is 1. The summed E-state index contributed by atoms with van der Waals surface area (Å²) in [7, 11) is 0. The molecular weight excluding hydrogens is 440 g/mol. The Labute approximate surface area is 200 Å². The van der Waals surface area contributed by atoms with Crippen molar-refractivity contribution in [3.05, 3.63) is 0 Å². The van der Waals surface area contributed by atoms with Gasteiger partial charge in [0.05, 0.1) is 0 Å². The molecule has 10 heteroatoms. The van der Waals surface area contributed by atoms with Gasteiger partial charge in [0.25, 0.3) is 0 Å². The first-order valence-corrected chi connectivity index (χ1v) is 12.4. The summed E-state index contributed by atoms with van der Waals surface area (Å²) in [6, 6.07) is -2.06. The maximum Gasteiger partial charge on any atom is 0.242 e. The highest BCUT2D eigenvalue weighted by Gasteiger charge is 2.54. The Bertz CT molecular complexity index is 778. The molecule has 4 aliphatic rings. The van der Waals surface area contributed by atoms with E-state index in [0.29, 0.717) is 37.1 Å². The molecule has 4 bridgehead atoms. The molecule has 10 nitrogen and oxygen atoms in total. The van der Waals surface area contributed by atoms with E-state index in [2.05, 4.69) is 16.0 Å². The molecule has 4 saturated carbocycles. The highest BCUT2D eigenvalue weighted by molar-refractivity contribution is 5.91. The van der Waals surface area contributed by atoms with Crippen molar-refractivity contribution in [3.63, 3.8) is 0 Å². The highest BCUT2D eigenvalue weighted by atomic mass is 16.4. The fourth-order valence-corrected chi connectivity index (χ4v) is 6.41. The number of aliphatic carboxylic acids is 1. The third kappa shape index (κ3) is 6.70. The molecule has 4 aliphatic carbocycles. The van der Waals surface area contributed by atoms with Gasteiger partial charge in [0.15, 0.2) is 0 Å². The number of unbranched alkanes of at least 4 members (excludes halogenated alkanes) is 1. The van der Waals surface area contributed by atoms with Crippen LogP contribution in [0, 0.1) is 23.2 Å². The smallest absolute Gasteiger partial charge is 0.242 e. The van der Waals surface area contributed by atoms with Crippen LogP contribution in [0.25, 0.3) is 0 Å². The molecular formula is C24H37N4O6-. The van der Waals surface area contributed by atoms with Crippen LogP contribution >= 0.6 is 0 Å². The second kappa shape index (κ2) is 11.2. The second-order valence-corrected chi connectivity index (χ2v) is 10.6. The first kappa shape index (κ1) is 26.0. The molecule has 34 heavy (non-hydrogen) atoms. The molecule has 0 aromatic carbocycles. The molecule has 2 atom stereocenters. The van der Waals surface area contributed by atoms with Gasteiger partial charge in [-0.1, -0.05) is 0 Å². The lowest BCUT2D eigenvalue weighted by Crippen LogP contribution is -2.53. The Kier molecular flexibility index (Phi) is 8.54. The van der Waals surface area contributed by atoms with Crippen LogP contribution in [0.3, 0.4) is 0 Å². The fourth-order valence-electron chi connectivity index (χ4n) is 6.41. The predicted octanol–water partition coefficient (Wildman–Crippen LogP) is -0.506. The molecule has 0 radical (unpaired) electrons. The zero-order valence-electron chi connectivity index (χ0n) is 19.9.